The van der Waals surface area contributed by atoms with Crippen molar-refractivity contribution in [3.05, 3.63) is 63.9 Å². The van der Waals surface area contributed by atoms with Crippen molar-refractivity contribution in [1.82, 2.24) is 19.5 Å². The first-order valence-corrected chi connectivity index (χ1v) is 17.5. The minimum absolute atomic E-state index is 0.137. The third-order valence-electron chi connectivity index (χ3n) is 9.43. The maximum Gasteiger partial charge on any atom is 0.311 e. The molecule has 10 nitrogen and oxygen atoms in total. The van der Waals surface area contributed by atoms with Crippen LogP contribution in [0.2, 0.25) is 0 Å². The summed E-state index contributed by atoms with van der Waals surface area (Å²) in [5.41, 5.74) is 6.01. The van der Waals surface area contributed by atoms with Crippen molar-refractivity contribution in [2.75, 3.05) is 27.0 Å². The van der Waals surface area contributed by atoms with E-state index in [1.54, 1.807) is 21.0 Å². The Morgan fingerprint density at radius 1 is 1.11 bits per heavy atom. The van der Waals surface area contributed by atoms with Crippen molar-refractivity contribution < 1.29 is 27.5 Å². The number of hydrogen-bond acceptors (Lipinski definition) is 6. The lowest BCUT2D eigenvalue weighted by molar-refractivity contribution is -0.144. The largest absolute Gasteiger partial charge is 0.496 e. The predicted octanol–water partition coefficient (Wildman–Crippen LogP) is 4.04. The van der Waals surface area contributed by atoms with Crippen LogP contribution in [0.25, 0.3) is 10.9 Å². The summed E-state index contributed by atoms with van der Waals surface area (Å²) in [5, 5.41) is 3.95. The summed E-state index contributed by atoms with van der Waals surface area (Å²) in [6, 6.07) is 5.86. The molecule has 1 unspecified atom stereocenters. The molecule has 2 atom stereocenters. The first kappa shape index (κ1) is 31.1. The van der Waals surface area contributed by atoms with Crippen molar-refractivity contribution in [2.24, 2.45) is 5.92 Å². The summed E-state index contributed by atoms with van der Waals surface area (Å²) in [4.78, 5) is 40.5. The van der Waals surface area contributed by atoms with Gasteiger partial charge in [-0.05, 0) is 65.5 Å². The summed E-state index contributed by atoms with van der Waals surface area (Å²) < 4.78 is 35.9. The molecule has 1 aromatic heterocycles. The van der Waals surface area contributed by atoms with Crippen molar-refractivity contribution in [1.29, 1.82) is 0 Å². The van der Waals surface area contributed by atoms with Crippen LogP contribution in [0.4, 0.5) is 0 Å². The maximum atomic E-state index is 13.6. The predicted molar refractivity (Wildman–Crippen MR) is 172 cm³/mol. The number of carbonyl (C=O) groups excluding carboxylic acids is 3. The number of amides is 3. The fourth-order valence-corrected chi connectivity index (χ4v) is 8.86. The highest BCUT2D eigenvalue weighted by atomic mass is 32.2. The number of aromatic nitrogens is 1. The molecule has 4 aliphatic rings. The van der Waals surface area contributed by atoms with E-state index in [0.29, 0.717) is 24.5 Å². The number of carbonyl (C=O) groups is 3. The highest BCUT2D eigenvalue weighted by Gasteiger charge is 2.46. The Bertz CT molecular complexity index is 1790. The molecule has 2 heterocycles. The molecule has 0 spiro atoms. The molecule has 6 rings (SSSR count). The van der Waals surface area contributed by atoms with E-state index >= 15 is 0 Å². The van der Waals surface area contributed by atoms with Crippen molar-refractivity contribution in [2.45, 2.75) is 76.8 Å². The van der Waals surface area contributed by atoms with Crippen LogP contribution in [0.15, 0.2) is 52.6 Å². The van der Waals surface area contributed by atoms with E-state index in [2.05, 4.69) is 26.7 Å². The zero-order chi connectivity index (χ0) is 32.2. The van der Waals surface area contributed by atoms with Crippen LogP contribution in [0.3, 0.4) is 0 Å². The fourth-order valence-electron chi connectivity index (χ4n) is 7.51. The summed E-state index contributed by atoms with van der Waals surface area (Å²) in [6.45, 7) is 3.97. The summed E-state index contributed by atoms with van der Waals surface area (Å²) in [7, 11) is 0.913. The summed E-state index contributed by atoms with van der Waals surface area (Å²) >= 11 is 0. The van der Waals surface area contributed by atoms with Gasteiger partial charge in [-0.2, -0.15) is 0 Å². The van der Waals surface area contributed by atoms with Gasteiger partial charge in [0.05, 0.1) is 24.0 Å². The number of nitrogens with zero attached hydrogens (tertiary/aromatic N) is 2. The number of fused-ring (bicyclic) bond motifs is 6. The van der Waals surface area contributed by atoms with Gasteiger partial charge in [0.25, 0.3) is 5.91 Å². The lowest BCUT2D eigenvalue weighted by Gasteiger charge is -2.32. The van der Waals surface area contributed by atoms with E-state index in [0.717, 1.165) is 51.9 Å². The van der Waals surface area contributed by atoms with Crippen molar-refractivity contribution >= 4 is 38.6 Å². The Balaban J connectivity index is 1.52. The first-order chi connectivity index (χ1) is 21.4. The second-order valence-electron chi connectivity index (χ2n) is 13.3. The molecule has 45 heavy (non-hydrogen) atoms. The number of benzene rings is 1. The molecule has 2 N–H and O–H groups in total. The molecule has 3 amide bonds. The number of nitrogens with one attached hydrogen (secondary N) is 2. The van der Waals surface area contributed by atoms with Crippen LogP contribution in [0.1, 0.15) is 75.5 Å². The molecule has 0 bridgehead atoms. The third kappa shape index (κ3) is 5.71. The quantitative estimate of drug-likeness (QED) is 0.443. The Morgan fingerprint density at radius 2 is 1.84 bits per heavy atom. The molecule has 2 aromatic rings. The topological polar surface area (TPSA) is 127 Å². The van der Waals surface area contributed by atoms with E-state index in [1.165, 1.54) is 43.8 Å². The van der Waals surface area contributed by atoms with E-state index in [4.69, 9.17) is 4.74 Å². The minimum atomic E-state index is -3.82. The fraction of sp³-hybridized carbons (Fsp3) is 0.500. The number of sulfonamides is 1. The van der Waals surface area contributed by atoms with Crippen LogP contribution in [0.5, 0.6) is 5.75 Å². The molecule has 1 fully saturated rings. The maximum absolute atomic E-state index is 13.6. The summed E-state index contributed by atoms with van der Waals surface area (Å²) in [5.74, 6) is -1.50. The molecule has 3 aliphatic carbocycles. The van der Waals surface area contributed by atoms with Crippen LogP contribution in [-0.4, -0.2) is 68.6 Å². The molecular formula is C34H42N4O6S. The molecule has 0 saturated heterocycles. The van der Waals surface area contributed by atoms with Gasteiger partial charge in [-0.3, -0.25) is 14.4 Å². The van der Waals surface area contributed by atoms with E-state index in [9.17, 15) is 22.8 Å². The number of likely N-dealkylation sites (N-methyl/N-ethyl adjacent to an activating group) is 1. The van der Waals surface area contributed by atoms with Gasteiger partial charge in [0.2, 0.25) is 10.0 Å². The van der Waals surface area contributed by atoms with Gasteiger partial charge in [0, 0.05) is 43.7 Å². The van der Waals surface area contributed by atoms with Crippen LogP contribution >= 0.6 is 0 Å². The highest BCUT2D eigenvalue weighted by molar-refractivity contribution is 7.90. The second kappa shape index (κ2) is 11.8. The average Bonchev–Trinajstić information content (AvgIpc) is 3.62. The van der Waals surface area contributed by atoms with Crippen molar-refractivity contribution in [3.8, 4) is 5.75 Å². The van der Waals surface area contributed by atoms with Gasteiger partial charge in [0.15, 0.2) is 0 Å². The molecule has 1 aliphatic heterocycles. The number of ether oxygens (including phenoxy) is 1. The Labute approximate surface area is 264 Å². The zero-order valence-corrected chi connectivity index (χ0v) is 27.4. The standard InChI is InChI=1S/C34H42N4O6S/c1-19(2)18-45(42,43)36-32(39)30-24-17-38-26(16-23-27(44-5)15-14-21(31(23)38)20-10-7-6-8-11-20)29-22(28(24)30)12-9-13-25(29)35-33(40)34(41)37(3)4/h9,12,14-16,19-20,25,29H,6-8,10-11,13,17-18H2,1-5H3,(H,35,40)(H,36,39)/t25-,29?/m1/s1. The molecule has 240 valence electrons. The van der Waals surface area contributed by atoms with Gasteiger partial charge < -0.3 is 19.5 Å². The SMILES string of the molecule is COc1ccc(C2CCCCC2)c2c1cc1n2CC2=C(C(=O)NS(=O)(=O)CC(C)C)C2=C2C=CC[C@@H](NC(=O)C(=O)N(C)C)C21. The lowest BCUT2D eigenvalue weighted by Crippen LogP contribution is -2.47. The monoisotopic (exact) mass is 634 g/mol. The first-order valence-electron chi connectivity index (χ1n) is 15.8. The number of rotatable bonds is 7. The number of allylic oxidation sites excluding steroid dienone is 2. The van der Waals surface area contributed by atoms with Crippen LogP contribution in [0, 0.1) is 5.92 Å². The highest BCUT2D eigenvalue weighted by Crippen LogP contribution is 2.54. The smallest absolute Gasteiger partial charge is 0.311 e. The van der Waals surface area contributed by atoms with Gasteiger partial charge in [-0.25, -0.2) is 13.1 Å². The van der Waals surface area contributed by atoms with Crippen LogP contribution in [-0.2, 0) is 31.0 Å². The average molecular weight is 635 g/mol. The zero-order valence-electron chi connectivity index (χ0n) is 26.6. The van der Waals surface area contributed by atoms with Crippen LogP contribution < -0.4 is 14.8 Å². The number of methoxy groups -OCH3 is 1. The van der Waals surface area contributed by atoms with Gasteiger partial charge in [-0.15, -0.1) is 0 Å². The Morgan fingerprint density at radius 3 is 2.51 bits per heavy atom. The minimum Gasteiger partial charge on any atom is -0.496 e. The van der Waals surface area contributed by atoms with Gasteiger partial charge in [-0.1, -0.05) is 51.3 Å². The second-order valence-corrected chi connectivity index (χ2v) is 15.1. The number of hydrogen-bond donors (Lipinski definition) is 2. The molecule has 1 saturated carbocycles. The van der Waals surface area contributed by atoms with E-state index < -0.39 is 33.8 Å². The molecular weight excluding hydrogens is 592 g/mol. The molecule has 1 aromatic carbocycles. The van der Waals surface area contributed by atoms with Crippen molar-refractivity contribution in [3.63, 3.8) is 0 Å². The Hall–Kier alpha value is -3.86. The lowest BCUT2D eigenvalue weighted by atomic mass is 9.81. The van der Waals surface area contributed by atoms with E-state index in [-0.39, 0.29) is 17.6 Å². The van der Waals surface area contributed by atoms with Gasteiger partial charge in [0.1, 0.15) is 5.75 Å². The third-order valence-corrected chi connectivity index (χ3v) is 11.0. The normalized spacial score (nSPS) is 21.2. The Kier molecular flexibility index (Phi) is 8.18. The molecule has 0 radical (unpaired) electrons. The summed E-state index contributed by atoms with van der Waals surface area (Å²) in [6.07, 6.45) is 10.2. The molecule has 11 heteroatoms. The van der Waals surface area contributed by atoms with E-state index in [1.807, 2.05) is 18.2 Å². The van der Waals surface area contributed by atoms with Gasteiger partial charge >= 0.3 is 11.8 Å².